The number of halogens is 1. The standard InChI is InChI=1S/C22H34FNO4S.C3H8/c1-21(2,27-5)14-16-28-22(3,4)20(26)24-15-8-6-7-9-19(25)29-18-12-10-17(23)11-13-18;1-3-2/h10-13H,6-9,14-16H2,1-5H3,(H,24,26);3H2,1-2H3. The van der Waals surface area contributed by atoms with Crippen molar-refractivity contribution in [1.29, 1.82) is 0 Å². The fraction of sp³-hybridized carbons (Fsp3) is 0.680. The smallest absolute Gasteiger partial charge is 0.251 e. The van der Waals surface area contributed by atoms with Crippen LogP contribution in [-0.4, -0.2) is 42.5 Å². The van der Waals surface area contributed by atoms with Crippen molar-refractivity contribution in [1.82, 2.24) is 5.32 Å². The minimum Gasteiger partial charge on any atom is -0.379 e. The second-order valence-electron chi connectivity index (χ2n) is 8.77. The van der Waals surface area contributed by atoms with Gasteiger partial charge in [-0.2, -0.15) is 0 Å². The fourth-order valence-electron chi connectivity index (χ4n) is 2.39. The SMILES string of the molecule is CCC.COC(C)(C)CCOC(C)(C)C(=O)NCCCCCC(=O)Sc1ccc(F)cc1. The third-order valence-corrected chi connectivity index (χ3v) is 5.59. The lowest BCUT2D eigenvalue weighted by atomic mass is 10.1. The molecule has 0 aromatic heterocycles. The lowest BCUT2D eigenvalue weighted by Crippen LogP contribution is -2.45. The molecule has 0 saturated carbocycles. The highest BCUT2D eigenvalue weighted by Crippen LogP contribution is 2.21. The number of thioether (sulfide) groups is 1. The van der Waals surface area contributed by atoms with E-state index in [2.05, 4.69) is 19.2 Å². The van der Waals surface area contributed by atoms with E-state index in [4.69, 9.17) is 9.47 Å². The molecule has 1 rings (SSSR count). The van der Waals surface area contributed by atoms with Crippen LogP contribution >= 0.6 is 11.8 Å². The third-order valence-electron chi connectivity index (χ3n) is 4.65. The molecule has 0 radical (unpaired) electrons. The predicted octanol–water partition coefficient (Wildman–Crippen LogP) is 6.15. The summed E-state index contributed by atoms with van der Waals surface area (Å²) in [5.74, 6) is -0.452. The zero-order valence-electron chi connectivity index (χ0n) is 20.9. The number of unbranched alkanes of at least 4 members (excludes halogenated alkanes) is 2. The van der Waals surface area contributed by atoms with Crippen LogP contribution in [0.25, 0.3) is 0 Å². The molecule has 1 aromatic rings. The Bertz CT molecular complexity index is 662. The van der Waals surface area contributed by atoms with Crippen LogP contribution in [0.1, 0.15) is 80.1 Å². The van der Waals surface area contributed by atoms with Crippen LogP contribution in [0.15, 0.2) is 29.2 Å². The average Bonchev–Trinajstić information content (AvgIpc) is 2.72. The summed E-state index contributed by atoms with van der Waals surface area (Å²) in [6.45, 7) is 12.7. The van der Waals surface area contributed by atoms with Gasteiger partial charge in [0.15, 0.2) is 5.12 Å². The first-order valence-corrected chi connectivity index (χ1v) is 12.2. The van der Waals surface area contributed by atoms with Gasteiger partial charge in [-0.3, -0.25) is 9.59 Å². The molecule has 0 aliphatic rings. The van der Waals surface area contributed by atoms with Crippen molar-refractivity contribution in [2.75, 3.05) is 20.3 Å². The first-order chi connectivity index (χ1) is 15.0. The molecule has 0 fully saturated rings. The largest absolute Gasteiger partial charge is 0.379 e. The molecule has 0 aliphatic heterocycles. The highest BCUT2D eigenvalue weighted by Gasteiger charge is 2.29. The van der Waals surface area contributed by atoms with E-state index in [1.165, 1.54) is 18.6 Å². The summed E-state index contributed by atoms with van der Waals surface area (Å²) in [5, 5.41) is 2.96. The molecule has 0 heterocycles. The zero-order valence-corrected chi connectivity index (χ0v) is 21.7. The molecule has 0 spiro atoms. The molecule has 0 unspecified atom stereocenters. The van der Waals surface area contributed by atoms with E-state index in [1.54, 1.807) is 33.1 Å². The number of hydrogen-bond acceptors (Lipinski definition) is 5. The number of benzene rings is 1. The molecular weight excluding hydrogens is 429 g/mol. The lowest BCUT2D eigenvalue weighted by molar-refractivity contribution is -0.144. The molecule has 0 aliphatic carbocycles. The number of amides is 1. The monoisotopic (exact) mass is 471 g/mol. The number of carbonyl (C=O) groups is 2. The molecule has 0 bridgehead atoms. The molecule has 184 valence electrons. The van der Waals surface area contributed by atoms with E-state index in [-0.39, 0.29) is 22.4 Å². The van der Waals surface area contributed by atoms with Crippen molar-refractivity contribution in [3.05, 3.63) is 30.1 Å². The maximum atomic E-state index is 12.9. The normalized spacial score (nSPS) is 11.5. The maximum absolute atomic E-state index is 12.9. The van der Waals surface area contributed by atoms with E-state index in [9.17, 15) is 14.0 Å². The first kappa shape index (κ1) is 30.6. The number of rotatable bonds is 13. The Balaban J connectivity index is 0.00000302. The van der Waals surface area contributed by atoms with Crippen molar-refractivity contribution in [2.24, 2.45) is 0 Å². The second kappa shape index (κ2) is 16.2. The predicted molar refractivity (Wildman–Crippen MR) is 130 cm³/mol. The van der Waals surface area contributed by atoms with Crippen LogP contribution in [0.3, 0.4) is 0 Å². The van der Waals surface area contributed by atoms with Crippen molar-refractivity contribution in [3.63, 3.8) is 0 Å². The van der Waals surface area contributed by atoms with Gasteiger partial charge in [-0.05, 0) is 71.2 Å². The molecule has 7 heteroatoms. The van der Waals surface area contributed by atoms with Gasteiger partial charge in [0, 0.05) is 25.0 Å². The summed E-state index contributed by atoms with van der Waals surface area (Å²) < 4.78 is 24.0. The number of hydrogen-bond donors (Lipinski definition) is 1. The Morgan fingerprint density at radius 2 is 1.62 bits per heavy atom. The Hall–Kier alpha value is -1.44. The number of methoxy groups -OCH3 is 1. The summed E-state index contributed by atoms with van der Waals surface area (Å²) in [5.41, 5.74) is -1.18. The van der Waals surface area contributed by atoms with Gasteiger partial charge < -0.3 is 14.8 Å². The Kier molecular flexibility index (Phi) is 15.5. The van der Waals surface area contributed by atoms with Crippen LogP contribution in [0.4, 0.5) is 4.39 Å². The van der Waals surface area contributed by atoms with Gasteiger partial charge in [0.05, 0.1) is 12.2 Å². The summed E-state index contributed by atoms with van der Waals surface area (Å²) in [6, 6.07) is 5.91. The van der Waals surface area contributed by atoms with Gasteiger partial charge in [-0.25, -0.2) is 4.39 Å². The van der Waals surface area contributed by atoms with Crippen LogP contribution in [0.5, 0.6) is 0 Å². The summed E-state index contributed by atoms with van der Waals surface area (Å²) in [6.07, 6.45) is 4.81. The van der Waals surface area contributed by atoms with E-state index in [0.717, 1.165) is 35.9 Å². The minimum absolute atomic E-state index is 0.0640. The number of nitrogens with one attached hydrogen (secondary N) is 1. The first-order valence-electron chi connectivity index (χ1n) is 11.4. The quantitative estimate of drug-likeness (QED) is 0.276. The van der Waals surface area contributed by atoms with Gasteiger partial charge in [0.25, 0.3) is 5.91 Å². The topological polar surface area (TPSA) is 64.6 Å². The lowest BCUT2D eigenvalue weighted by Gasteiger charge is -2.28. The summed E-state index contributed by atoms with van der Waals surface area (Å²) in [4.78, 5) is 25.0. The van der Waals surface area contributed by atoms with Gasteiger partial charge >= 0.3 is 0 Å². The van der Waals surface area contributed by atoms with Gasteiger partial charge in [0.1, 0.15) is 11.4 Å². The van der Waals surface area contributed by atoms with Crippen LogP contribution < -0.4 is 5.32 Å². The zero-order chi connectivity index (χ0) is 24.6. The molecule has 1 amide bonds. The van der Waals surface area contributed by atoms with Gasteiger partial charge in [-0.15, -0.1) is 0 Å². The number of ether oxygens (including phenoxy) is 2. The molecule has 5 nitrogen and oxygen atoms in total. The van der Waals surface area contributed by atoms with Crippen LogP contribution in [-0.2, 0) is 19.1 Å². The highest BCUT2D eigenvalue weighted by atomic mass is 32.2. The van der Waals surface area contributed by atoms with Crippen LogP contribution in [0, 0.1) is 5.82 Å². The van der Waals surface area contributed by atoms with Crippen molar-refractivity contribution in [3.8, 4) is 0 Å². The van der Waals surface area contributed by atoms with E-state index in [0.29, 0.717) is 26.0 Å². The highest BCUT2D eigenvalue weighted by molar-refractivity contribution is 8.13. The average molecular weight is 472 g/mol. The third kappa shape index (κ3) is 14.6. The van der Waals surface area contributed by atoms with E-state index >= 15 is 0 Å². The van der Waals surface area contributed by atoms with Crippen LogP contribution in [0.2, 0.25) is 0 Å². The molecular formula is C25H42FNO4S. The van der Waals surface area contributed by atoms with Gasteiger partial charge in [-0.1, -0.05) is 38.5 Å². The molecule has 32 heavy (non-hydrogen) atoms. The Morgan fingerprint density at radius 1 is 1.03 bits per heavy atom. The molecule has 0 saturated heterocycles. The van der Waals surface area contributed by atoms with Gasteiger partial charge in [0.2, 0.25) is 0 Å². The maximum Gasteiger partial charge on any atom is 0.251 e. The van der Waals surface area contributed by atoms with E-state index in [1.807, 2.05) is 13.8 Å². The summed E-state index contributed by atoms with van der Waals surface area (Å²) >= 11 is 1.13. The van der Waals surface area contributed by atoms with Crippen molar-refractivity contribution < 1.29 is 23.5 Å². The van der Waals surface area contributed by atoms with Crippen molar-refractivity contribution >= 4 is 22.8 Å². The number of carbonyl (C=O) groups excluding carboxylic acids is 2. The Labute approximate surface area is 198 Å². The fourth-order valence-corrected chi connectivity index (χ4v) is 3.17. The van der Waals surface area contributed by atoms with E-state index < -0.39 is 5.60 Å². The van der Waals surface area contributed by atoms with Crippen molar-refractivity contribution in [2.45, 2.75) is 96.2 Å². The molecule has 1 aromatic carbocycles. The minimum atomic E-state index is -0.897. The second-order valence-corrected chi connectivity index (χ2v) is 9.91. The molecule has 1 N–H and O–H groups in total. The summed E-state index contributed by atoms with van der Waals surface area (Å²) in [7, 11) is 1.66. The molecule has 0 atom stereocenters. The Morgan fingerprint density at radius 3 is 2.19 bits per heavy atom.